The number of furan rings is 1. The van der Waals surface area contributed by atoms with Crippen LogP contribution in [0, 0.1) is 6.92 Å². The molecule has 1 N–H and O–H groups in total. The average molecular weight is 374 g/mol. The highest BCUT2D eigenvalue weighted by Gasteiger charge is 2.16. The molecule has 0 unspecified atom stereocenters. The number of hydrogen-bond acceptors (Lipinski definition) is 5. The van der Waals surface area contributed by atoms with Crippen LogP contribution in [0.1, 0.15) is 16.1 Å². The molecule has 5 rings (SSSR count). The molecule has 5 aromatic rings. The van der Waals surface area contributed by atoms with Gasteiger partial charge in [-0.25, -0.2) is 9.97 Å². The Labute approximate surface area is 158 Å². The van der Waals surface area contributed by atoms with Crippen LogP contribution >= 0.6 is 11.3 Å². The number of nitrogens with zero attached hydrogens (tertiary/aromatic N) is 3. The Balaban J connectivity index is 1.61. The summed E-state index contributed by atoms with van der Waals surface area (Å²) in [4.78, 5) is 21.5. The minimum Gasteiger partial charge on any atom is -0.464 e. The van der Waals surface area contributed by atoms with Crippen molar-refractivity contribution in [3.05, 3.63) is 71.8 Å². The molecular formula is C20H14N4O2S. The van der Waals surface area contributed by atoms with Crippen LogP contribution in [0.3, 0.4) is 0 Å². The molecule has 7 heteroatoms. The van der Waals surface area contributed by atoms with Gasteiger partial charge in [0.1, 0.15) is 11.2 Å². The fraction of sp³-hybridized carbons (Fsp3) is 0.0500. The lowest BCUT2D eigenvalue weighted by atomic mass is 10.0. The highest BCUT2D eigenvalue weighted by atomic mass is 32.1. The maximum absolute atomic E-state index is 12.9. The van der Waals surface area contributed by atoms with Gasteiger partial charge in [0.15, 0.2) is 5.13 Å². The zero-order valence-corrected chi connectivity index (χ0v) is 15.2. The number of rotatable bonds is 3. The number of anilines is 1. The van der Waals surface area contributed by atoms with Gasteiger partial charge in [-0.1, -0.05) is 6.07 Å². The number of benzene rings is 1. The van der Waals surface area contributed by atoms with Crippen LogP contribution < -0.4 is 5.32 Å². The minimum atomic E-state index is -0.230. The molecule has 0 aliphatic heterocycles. The number of imidazole rings is 1. The molecule has 0 saturated carbocycles. The second kappa shape index (κ2) is 6.07. The lowest BCUT2D eigenvalue weighted by Gasteiger charge is -2.08. The van der Waals surface area contributed by atoms with Crippen molar-refractivity contribution < 1.29 is 9.21 Å². The first kappa shape index (κ1) is 15.8. The fourth-order valence-corrected chi connectivity index (χ4v) is 3.76. The van der Waals surface area contributed by atoms with Crippen LogP contribution in [0.25, 0.3) is 27.7 Å². The fourth-order valence-electron chi connectivity index (χ4n) is 3.08. The van der Waals surface area contributed by atoms with Crippen LogP contribution in [-0.2, 0) is 0 Å². The Morgan fingerprint density at radius 2 is 2.15 bits per heavy atom. The normalized spacial score (nSPS) is 11.3. The number of carbonyl (C=O) groups is 1. The first-order chi connectivity index (χ1) is 13.2. The van der Waals surface area contributed by atoms with Gasteiger partial charge in [0.2, 0.25) is 0 Å². The number of aryl methyl sites for hydroxylation is 1. The standard InChI is InChI=1S/C20H14N4O2S/c1-12-11-27-20(22-12)23-19(25)16-9-15(10-24-6-5-21-18(16)24)13-2-3-17-14(8-13)4-7-26-17/h2-11H,1H3,(H,22,23,25). The zero-order chi connectivity index (χ0) is 18.4. The molecule has 4 heterocycles. The third-order valence-corrected chi connectivity index (χ3v) is 5.23. The summed E-state index contributed by atoms with van der Waals surface area (Å²) in [7, 11) is 0. The molecule has 132 valence electrons. The molecule has 4 aromatic heterocycles. The van der Waals surface area contributed by atoms with Crippen LogP contribution in [-0.4, -0.2) is 20.3 Å². The molecule has 0 bridgehead atoms. The SMILES string of the molecule is Cc1csc(NC(=O)c2cc(-c3ccc4occc4c3)cn3ccnc23)n1. The number of pyridine rings is 1. The van der Waals surface area contributed by atoms with Crippen LogP contribution in [0.15, 0.2) is 65.0 Å². The van der Waals surface area contributed by atoms with Crippen molar-refractivity contribution in [1.29, 1.82) is 0 Å². The first-order valence-electron chi connectivity index (χ1n) is 8.35. The number of fused-ring (bicyclic) bond motifs is 2. The molecule has 1 aromatic carbocycles. The molecule has 6 nitrogen and oxygen atoms in total. The van der Waals surface area contributed by atoms with E-state index in [1.807, 2.05) is 59.4 Å². The summed E-state index contributed by atoms with van der Waals surface area (Å²) < 4.78 is 7.27. The van der Waals surface area contributed by atoms with E-state index in [9.17, 15) is 4.79 Å². The average Bonchev–Trinajstić information content (AvgIpc) is 3.40. The third-order valence-electron chi connectivity index (χ3n) is 4.36. The van der Waals surface area contributed by atoms with Crippen LogP contribution in [0.2, 0.25) is 0 Å². The summed E-state index contributed by atoms with van der Waals surface area (Å²) in [5.74, 6) is -0.230. The lowest BCUT2D eigenvalue weighted by molar-refractivity contribution is 0.102. The van der Waals surface area contributed by atoms with E-state index in [4.69, 9.17) is 4.42 Å². The molecule has 1 amide bonds. The van der Waals surface area contributed by atoms with E-state index >= 15 is 0 Å². The van der Waals surface area contributed by atoms with Crippen molar-refractivity contribution in [3.8, 4) is 11.1 Å². The number of thiazole rings is 1. The Bertz CT molecular complexity index is 1300. The molecule has 0 aliphatic carbocycles. The van der Waals surface area contributed by atoms with Crippen molar-refractivity contribution in [2.24, 2.45) is 0 Å². The monoisotopic (exact) mass is 374 g/mol. The van der Waals surface area contributed by atoms with Gasteiger partial charge in [0.25, 0.3) is 5.91 Å². The van der Waals surface area contributed by atoms with Gasteiger partial charge in [-0.15, -0.1) is 11.3 Å². The second-order valence-corrected chi connectivity index (χ2v) is 7.08. The minimum absolute atomic E-state index is 0.230. The van der Waals surface area contributed by atoms with E-state index in [0.29, 0.717) is 16.3 Å². The van der Waals surface area contributed by atoms with Crippen molar-refractivity contribution in [2.45, 2.75) is 6.92 Å². The van der Waals surface area contributed by atoms with Gasteiger partial charge in [-0.2, -0.15) is 0 Å². The van der Waals surface area contributed by atoms with Gasteiger partial charge < -0.3 is 8.82 Å². The van der Waals surface area contributed by atoms with Gasteiger partial charge in [0, 0.05) is 29.4 Å². The predicted octanol–water partition coefficient (Wildman–Crippen LogP) is 4.76. The maximum atomic E-state index is 12.9. The molecule has 0 spiro atoms. The summed E-state index contributed by atoms with van der Waals surface area (Å²) in [5, 5.41) is 6.36. The van der Waals surface area contributed by atoms with Crippen LogP contribution in [0.4, 0.5) is 5.13 Å². The van der Waals surface area contributed by atoms with Crippen LogP contribution in [0.5, 0.6) is 0 Å². The Kier molecular flexibility index (Phi) is 3.54. The van der Waals surface area contributed by atoms with Crippen molar-refractivity contribution in [3.63, 3.8) is 0 Å². The number of aromatic nitrogens is 3. The van der Waals surface area contributed by atoms with E-state index in [-0.39, 0.29) is 5.91 Å². The number of amides is 1. The zero-order valence-electron chi connectivity index (χ0n) is 14.3. The highest BCUT2D eigenvalue weighted by Crippen LogP contribution is 2.27. The summed E-state index contributed by atoms with van der Waals surface area (Å²) in [6.45, 7) is 1.89. The molecule has 0 aliphatic rings. The maximum Gasteiger partial charge on any atom is 0.261 e. The number of carbonyl (C=O) groups excluding carboxylic acids is 1. The van der Waals surface area contributed by atoms with E-state index in [2.05, 4.69) is 15.3 Å². The molecule has 0 radical (unpaired) electrons. The summed E-state index contributed by atoms with van der Waals surface area (Å²) in [6, 6.07) is 9.74. The Hall–Kier alpha value is -3.45. The van der Waals surface area contributed by atoms with Crippen molar-refractivity contribution in [2.75, 3.05) is 5.32 Å². The Morgan fingerprint density at radius 1 is 1.22 bits per heavy atom. The van der Waals surface area contributed by atoms with E-state index in [0.717, 1.165) is 27.8 Å². The molecule has 27 heavy (non-hydrogen) atoms. The lowest BCUT2D eigenvalue weighted by Crippen LogP contribution is -2.13. The topological polar surface area (TPSA) is 72.4 Å². The molecule has 0 atom stereocenters. The number of hydrogen-bond donors (Lipinski definition) is 1. The van der Waals surface area contributed by atoms with E-state index in [1.54, 1.807) is 12.5 Å². The largest absolute Gasteiger partial charge is 0.464 e. The molecule has 0 fully saturated rings. The van der Waals surface area contributed by atoms with Gasteiger partial charge in [-0.3, -0.25) is 10.1 Å². The second-order valence-electron chi connectivity index (χ2n) is 6.22. The predicted molar refractivity (Wildman–Crippen MR) is 105 cm³/mol. The first-order valence-corrected chi connectivity index (χ1v) is 9.23. The van der Waals surface area contributed by atoms with E-state index in [1.165, 1.54) is 11.3 Å². The molecule has 0 saturated heterocycles. The van der Waals surface area contributed by atoms with Gasteiger partial charge in [-0.05, 0) is 42.3 Å². The summed E-state index contributed by atoms with van der Waals surface area (Å²) >= 11 is 1.40. The van der Waals surface area contributed by atoms with Gasteiger partial charge >= 0.3 is 0 Å². The highest BCUT2D eigenvalue weighted by molar-refractivity contribution is 7.13. The number of nitrogens with one attached hydrogen (secondary N) is 1. The van der Waals surface area contributed by atoms with E-state index < -0.39 is 0 Å². The van der Waals surface area contributed by atoms with Gasteiger partial charge in [0.05, 0.1) is 17.5 Å². The van der Waals surface area contributed by atoms with Crippen molar-refractivity contribution >= 4 is 39.0 Å². The summed E-state index contributed by atoms with van der Waals surface area (Å²) in [6.07, 6.45) is 7.15. The Morgan fingerprint density at radius 3 is 3.00 bits per heavy atom. The smallest absolute Gasteiger partial charge is 0.261 e. The van der Waals surface area contributed by atoms with Crippen molar-refractivity contribution in [1.82, 2.24) is 14.4 Å². The quantitative estimate of drug-likeness (QED) is 0.494. The summed E-state index contributed by atoms with van der Waals surface area (Å²) in [5.41, 5.74) is 4.73. The third kappa shape index (κ3) is 2.78. The molecular weight excluding hydrogens is 360 g/mol.